The molecule has 362 valence electrons. The molecule has 5 saturated heterocycles. The molecule has 0 radical (unpaired) electrons. The third-order valence-corrected chi connectivity index (χ3v) is 16.3. The van der Waals surface area contributed by atoms with Crippen molar-refractivity contribution in [3.8, 4) is 0 Å². The Kier molecular flexibility index (Phi) is 31.6. The SMILES string of the molecule is C1=C(N2CCCC2)CCCC1.C1CCC(N2CCCC2)CC1.C1CCNC1.CCCC[N+]1(C2CCCCC2)CCCC1.O=C1CCCCC1.O=C1CCCN1C1CCCCC1.[AlH3].[H-].[HH].[Li+]. The molecule has 5 aliphatic carbocycles. The average Bonchev–Trinajstić information content (AvgIpc) is 4.20. The van der Waals surface area contributed by atoms with E-state index in [1.54, 1.807) is 5.70 Å². The van der Waals surface area contributed by atoms with Gasteiger partial charge in [0.2, 0.25) is 5.91 Å². The van der Waals surface area contributed by atoms with E-state index in [1.807, 2.05) is 0 Å². The Hall–Kier alpha value is -0.310. The van der Waals surface area contributed by atoms with Gasteiger partial charge in [0.05, 0.1) is 25.7 Å². The molecule has 0 aromatic rings. The summed E-state index contributed by atoms with van der Waals surface area (Å²) in [6.07, 6.45) is 51.0. The fourth-order valence-electron chi connectivity index (χ4n) is 12.5. The number of hydrogen-bond acceptors (Lipinski definition) is 5. The number of carbonyl (C=O) groups excluding carboxylic acids is 2. The number of quaternary nitrogens is 1. The van der Waals surface area contributed by atoms with Crippen molar-refractivity contribution in [2.24, 2.45) is 0 Å². The van der Waals surface area contributed by atoms with E-state index in [4.69, 9.17) is 0 Å². The van der Waals surface area contributed by atoms with Crippen molar-refractivity contribution in [3.05, 3.63) is 11.8 Å². The van der Waals surface area contributed by atoms with Gasteiger partial charge in [-0.3, -0.25) is 9.59 Å². The van der Waals surface area contributed by atoms with Crippen LogP contribution in [0.5, 0.6) is 0 Å². The van der Waals surface area contributed by atoms with Crippen LogP contribution in [0.4, 0.5) is 0 Å². The number of carbonyl (C=O) groups is 2. The number of hydrogen-bond donors (Lipinski definition) is 1. The summed E-state index contributed by atoms with van der Waals surface area (Å²) in [4.78, 5) is 29.3. The minimum Gasteiger partial charge on any atom is -1.00 e. The number of allylic oxidation sites excluding steroid dienone is 2. The maximum atomic E-state index is 11.4. The van der Waals surface area contributed by atoms with E-state index < -0.39 is 0 Å². The second-order valence-corrected chi connectivity index (χ2v) is 21.0. The quantitative estimate of drug-likeness (QED) is 0.205. The van der Waals surface area contributed by atoms with Crippen LogP contribution in [0.15, 0.2) is 11.8 Å². The molecule has 9 fully saturated rings. The second kappa shape index (κ2) is 34.9. The van der Waals surface area contributed by atoms with Gasteiger partial charge >= 0.3 is 18.9 Å². The van der Waals surface area contributed by atoms with Gasteiger partial charge in [-0.25, -0.2) is 0 Å². The van der Waals surface area contributed by atoms with E-state index in [1.165, 1.54) is 256 Å². The molecule has 0 spiro atoms. The van der Waals surface area contributed by atoms with E-state index in [0.29, 0.717) is 17.7 Å². The Balaban J connectivity index is 0.000000394. The molecule has 0 aromatic carbocycles. The van der Waals surface area contributed by atoms with Crippen molar-refractivity contribution in [2.75, 3.05) is 65.4 Å². The molecule has 5 heterocycles. The first-order valence-corrected chi connectivity index (χ1v) is 27.6. The Morgan fingerprint density at radius 1 is 0.587 bits per heavy atom. The van der Waals surface area contributed by atoms with Crippen molar-refractivity contribution in [1.82, 2.24) is 20.0 Å². The van der Waals surface area contributed by atoms with Gasteiger partial charge in [0.25, 0.3) is 0 Å². The van der Waals surface area contributed by atoms with Crippen LogP contribution in [0.25, 0.3) is 0 Å². The van der Waals surface area contributed by atoms with E-state index in [9.17, 15) is 9.59 Å². The van der Waals surface area contributed by atoms with Gasteiger partial charge in [0, 0.05) is 70.9 Å². The van der Waals surface area contributed by atoms with Gasteiger partial charge in [0.15, 0.2) is 17.4 Å². The van der Waals surface area contributed by atoms with Crippen molar-refractivity contribution < 1.29 is 35.8 Å². The Morgan fingerprint density at radius 3 is 1.60 bits per heavy atom. The van der Waals surface area contributed by atoms with Crippen LogP contribution in [0.3, 0.4) is 0 Å². The number of likely N-dealkylation sites (tertiary alicyclic amines) is 4. The summed E-state index contributed by atoms with van der Waals surface area (Å²) in [7, 11) is 0. The van der Waals surface area contributed by atoms with Crippen molar-refractivity contribution >= 4 is 29.1 Å². The van der Waals surface area contributed by atoms with Crippen molar-refractivity contribution in [2.45, 2.75) is 256 Å². The zero-order chi connectivity index (χ0) is 42.6. The number of rotatable bonds is 7. The summed E-state index contributed by atoms with van der Waals surface area (Å²) in [6.45, 7) is 15.8. The standard InChI is InChI=1S/C14H28N.C10H17NO.C10H19N.C10H17N.C6H10O.C4H9N.Al.Li.H2.4H/c1-2-3-11-15(12-7-8-13-15)14-9-5-4-6-10-14;12-10-7-4-8-11(10)9-5-2-1-3-6-9;2*1-2-6-10(7-3-1)11-8-4-5-9-11;7-6-4-2-1-3-5-6;1-2-4-5-3-1;;;;;;;/h14H,2-13H2,1H3;9H,1-8H2;10H,1-9H2;6H,1-5,7-9H2;1-5H2;5H,1-4H2;;;1H;;;;/q+1;;;;;;;+1;;;;;-1. The molecule has 5 aliphatic heterocycles. The maximum Gasteiger partial charge on any atom is 1.00 e. The van der Waals surface area contributed by atoms with Gasteiger partial charge in [-0.1, -0.05) is 70.8 Å². The van der Waals surface area contributed by atoms with Gasteiger partial charge < -0.3 is 25.9 Å². The van der Waals surface area contributed by atoms with Crippen LogP contribution >= 0.6 is 0 Å². The Bertz CT molecular complexity index is 1180. The predicted molar refractivity (Wildman–Crippen MR) is 272 cm³/mol. The molecule has 4 saturated carbocycles. The number of Topliss-reactive ketones (excluding diaryl/α,β-unsaturated/α-hetero) is 1. The van der Waals surface area contributed by atoms with Crippen LogP contribution in [-0.4, -0.2) is 132 Å². The van der Waals surface area contributed by atoms with Crippen LogP contribution in [0, 0.1) is 0 Å². The van der Waals surface area contributed by atoms with Crippen LogP contribution in [0.2, 0.25) is 0 Å². The first kappa shape index (κ1) is 57.0. The maximum absolute atomic E-state index is 11.4. The zero-order valence-corrected chi connectivity index (χ0v) is 41.4. The van der Waals surface area contributed by atoms with Gasteiger partial charge in [-0.15, -0.1) is 0 Å². The molecule has 0 unspecified atom stereocenters. The summed E-state index contributed by atoms with van der Waals surface area (Å²) in [5.41, 5.74) is 1.65. The molecule has 0 aromatic heterocycles. The van der Waals surface area contributed by atoms with E-state index >= 15 is 0 Å². The first-order chi connectivity index (χ1) is 30.1. The molecule has 0 bridgehead atoms. The number of unbranched alkanes of at least 4 members (excludes halogenated alkanes) is 1. The van der Waals surface area contributed by atoms with E-state index in [-0.39, 0.29) is 39.1 Å². The second-order valence-electron chi connectivity index (χ2n) is 21.0. The number of nitrogens with zero attached hydrogens (tertiary/aromatic N) is 4. The third-order valence-electron chi connectivity index (χ3n) is 16.3. The molecule has 1 amide bonds. The largest absolute Gasteiger partial charge is 1.00 e. The topological polar surface area (TPSA) is 55.9 Å². The molecule has 1 N–H and O–H groups in total. The fourth-order valence-corrected chi connectivity index (χ4v) is 12.5. The number of amides is 1. The zero-order valence-electron chi connectivity index (χ0n) is 42.4. The van der Waals surface area contributed by atoms with Gasteiger partial charge in [-0.05, 0) is 167 Å². The molecular weight excluding hydrogens is 785 g/mol. The average molecular weight is 891 g/mol. The summed E-state index contributed by atoms with van der Waals surface area (Å²) in [5, 5.41) is 3.22. The van der Waals surface area contributed by atoms with Crippen molar-refractivity contribution in [1.29, 1.82) is 0 Å². The van der Waals surface area contributed by atoms with Gasteiger partial charge in [-0.2, -0.15) is 0 Å². The van der Waals surface area contributed by atoms with Crippen LogP contribution < -0.4 is 24.2 Å². The molecule has 63 heavy (non-hydrogen) atoms. The molecular formula is C54H106AlLiN5O2+. The summed E-state index contributed by atoms with van der Waals surface area (Å²) in [6, 6.07) is 2.63. The minimum atomic E-state index is 0. The third kappa shape index (κ3) is 21.7. The van der Waals surface area contributed by atoms with E-state index in [0.717, 1.165) is 57.2 Å². The number of ketones is 1. The Morgan fingerprint density at radius 2 is 1.13 bits per heavy atom. The molecule has 7 nitrogen and oxygen atoms in total. The normalized spacial score (nSPS) is 25.5. The van der Waals surface area contributed by atoms with Crippen LogP contribution in [-0.2, 0) is 9.59 Å². The monoisotopic (exact) mass is 891 g/mol. The minimum absolute atomic E-state index is 0. The summed E-state index contributed by atoms with van der Waals surface area (Å²) >= 11 is 0. The summed E-state index contributed by atoms with van der Waals surface area (Å²) < 4.78 is 1.52. The molecule has 10 aliphatic rings. The van der Waals surface area contributed by atoms with E-state index in [2.05, 4.69) is 33.0 Å². The fraction of sp³-hybridized carbons (Fsp3) is 0.926. The molecule has 9 heteroatoms. The van der Waals surface area contributed by atoms with Gasteiger partial charge in [0.1, 0.15) is 5.78 Å². The first-order valence-electron chi connectivity index (χ1n) is 27.6. The smallest absolute Gasteiger partial charge is 1.00 e. The molecule has 0 atom stereocenters. The van der Waals surface area contributed by atoms with Crippen molar-refractivity contribution in [3.63, 3.8) is 0 Å². The summed E-state index contributed by atoms with van der Waals surface area (Å²) in [5.74, 6) is 0.869. The molecule has 10 rings (SSSR count). The predicted octanol–water partition coefficient (Wildman–Crippen LogP) is 8.69. The number of nitrogens with one attached hydrogen (secondary N) is 1. The van der Waals surface area contributed by atoms with Crippen LogP contribution in [0.1, 0.15) is 241 Å². The Labute approximate surface area is 416 Å².